The Labute approximate surface area is 158 Å². The van der Waals surface area contributed by atoms with Gasteiger partial charge in [0.2, 0.25) is 0 Å². The monoisotopic (exact) mass is 359 g/mol. The first-order valence-electron chi connectivity index (χ1n) is 8.80. The molecule has 0 fully saturated rings. The molecule has 0 heterocycles. The van der Waals surface area contributed by atoms with Gasteiger partial charge in [-0.15, -0.1) is 0 Å². The Bertz CT molecular complexity index is 961. The average molecular weight is 359 g/mol. The summed E-state index contributed by atoms with van der Waals surface area (Å²) in [5.74, 6) is 0.103. The van der Waals surface area contributed by atoms with Crippen molar-refractivity contribution in [2.24, 2.45) is 0 Å². The van der Waals surface area contributed by atoms with Crippen LogP contribution >= 0.6 is 0 Å². The van der Waals surface area contributed by atoms with Crippen LogP contribution in [0.15, 0.2) is 72.8 Å². The predicted molar refractivity (Wildman–Crippen MR) is 106 cm³/mol. The fourth-order valence-corrected chi connectivity index (χ4v) is 2.84. The standard InChI is InChI=1S/C23H21NO3/c1-16(25)18-4-2-5-19(14-18)20-6-3-7-21(15-20)23(27)24-13-12-17-8-10-22(26)11-9-17/h2-11,14-15,26H,12-13H2,1H3,(H,24,27). The number of carbonyl (C=O) groups is 2. The van der Waals surface area contributed by atoms with E-state index in [4.69, 9.17) is 0 Å². The molecule has 0 spiro atoms. The Balaban J connectivity index is 1.67. The van der Waals surface area contributed by atoms with Crippen LogP contribution in [0.1, 0.15) is 33.2 Å². The van der Waals surface area contributed by atoms with Crippen LogP contribution in [0.5, 0.6) is 5.75 Å². The molecule has 2 N–H and O–H groups in total. The van der Waals surface area contributed by atoms with E-state index < -0.39 is 0 Å². The number of aromatic hydroxyl groups is 1. The summed E-state index contributed by atoms with van der Waals surface area (Å²) < 4.78 is 0. The van der Waals surface area contributed by atoms with E-state index in [9.17, 15) is 14.7 Å². The number of amides is 1. The van der Waals surface area contributed by atoms with Gasteiger partial charge in [0, 0.05) is 17.7 Å². The zero-order valence-corrected chi connectivity index (χ0v) is 15.1. The van der Waals surface area contributed by atoms with Crippen LogP contribution in [0.4, 0.5) is 0 Å². The molecule has 0 unspecified atom stereocenters. The number of phenolic OH excluding ortho intramolecular Hbond substituents is 1. The molecule has 27 heavy (non-hydrogen) atoms. The SMILES string of the molecule is CC(=O)c1cccc(-c2cccc(C(=O)NCCc3ccc(O)cc3)c2)c1. The number of nitrogens with one attached hydrogen (secondary N) is 1. The summed E-state index contributed by atoms with van der Waals surface area (Å²) in [7, 11) is 0. The van der Waals surface area contributed by atoms with Gasteiger partial charge in [0.05, 0.1) is 0 Å². The van der Waals surface area contributed by atoms with Crippen LogP contribution in [0.3, 0.4) is 0 Å². The van der Waals surface area contributed by atoms with Gasteiger partial charge in [-0.3, -0.25) is 9.59 Å². The summed E-state index contributed by atoms with van der Waals surface area (Å²) in [6.07, 6.45) is 0.687. The molecule has 0 saturated carbocycles. The fourth-order valence-electron chi connectivity index (χ4n) is 2.84. The van der Waals surface area contributed by atoms with Crippen molar-refractivity contribution < 1.29 is 14.7 Å². The lowest BCUT2D eigenvalue weighted by molar-refractivity contribution is 0.0953. The zero-order valence-electron chi connectivity index (χ0n) is 15.1. The van der Waals surface area contributed by atoms with Gasteiger partial charge in [0.1, 0.15) is 5.75 Å². The Morgan fingerprint density at radius 1 is 0.852 bits per heavy atom. The minimum absolute atomic E-state index is 0.0139. The smallest absolute Gasteiger partial charge is 0.251 e. The highest BCUT2D eigenvalue weighted by Gasteiger charge is 2.08. The largest absolute Gasteiger partial charge is 0.508 e. The number of carbonyl (C=O) groups excluding carboxylic acids is 2. The van der Waals surface area contributed by atoms with Crippen LogP contribution in [0.2, 0.25) is 0 Å². The summed E-state index contributed by atoms with van der Waals surface area (Å²) in [6, 6.07) is 21.7. The topological polar surface area (TPSA) is 66.4 Å². The maximum atomic E-state index is 12.4. The number of ketones is 1. The molecular formula is C23H21NO3. The molecule has 136 valence electrons. The molecule has 0 bridgehead atoms. The van der Waals surface area contributed by atoms with Gasteiger partial charge in [0.15, 0.2) is 5.78 Å². The van der Waals surface area contributed by atoms with Gasteiger partial charge < -0.3 is 10.4 Å². The number of hydrogen-bond donors (Lipinski definition) is 2. The van der Waals surface area contributed by atoms with Crippen LogP contribution in [-0.2, 0) is 6.42 Å². The Kier molecular flexibility index (Phi) is 5.67. The highest BCUT2D eigenvalue weighted by molar-refractivity contribution is 5.97. The number of hydrogen-bond acceptors (Lipinski definition) is 3. The van der Waals surface area contributed by atoms with Gasteiger partial charge in [-0.1, -0.05) is 42.5 Å². The van der Waals surface area contributed by atoms with Crippen LogP contribution in [0.25, 0.3) is 11.1 Å². The third kappa shape index (κ3) is 4.82. The third-order valence-electron chi connectivity index (χ3n) is 4.36. The summed E-state index contributed by atoms with van der Waals surface area (Å²) in [5.41, 5.74) is 4.07. The van der Waals surface area contributed by atoms with E-state index in [0.717, 1.165) is 16.7 Å². The maximum Gasteiger partial charge on any atom is 0.251 e. The maximum absolute atomic E-state index is 12.4. The van der Waals surface area contributed by atoms with E-state index in [2.05, 4.69) is 5.32 Å². The number of Topliss-reactive ketones (excluding diaryl/α,β-unsaturated/α-hetero) is 1. The lowest BCUT2D eigenvalue weighted by Crippen LogP contribution is -2.25. The van der Waals surface area contributed by atoms with Crippen LogP contribution < -0.4 is 5.32 Å². The number of phenols is 1. The van der Waals surface area contributed by atoms with Crippen molar-refractivity contribution in [3.8, 4) is 16.9 Å². The van der Waals surface area contributed by atoms with E-state index in [1.807, 2.05) is 48.5 Å². The van der Waals surface area contributed by atoms with E-state index in [1.165, 1.54) is 6.92 Å². The minimum atomic E-state index is -0.140. The van der Waals surface area contributed by atoms with E-state index in [-0.39, 0.29) is 17.4 Å². The van der Waals surface area contributed by atoms with Crippen LogP contribution in [-0.4, -0.2) is 23.3 Å². The summed E-state index contributed by atoms with van der Waals surface area (Å²) in [5, 5.41) is 12.2. The molecule has 0 radical (unpaired) electrons. The molecule has 3 rings (SSSR count). The zero-order chi connectivity index (χ0) is 19.2. The summed E-state index contributed by atoms with van der Waals surface area (Å²) >= 11 is 0. The van der Waals surface area contributed by atoms with Gasteiger partial charge in [0.25, 0.3) is 5.91 Å². The number of rotatable bonds is 6. The summed E-state index contributed by atoms with van der Waals surface area (Å²) in [4.78, 5) is 24.0. The second-order valence-electron chi connectivity index (χ2n) is 6.39. The molecule has 0 aliphatic rings. The third-order valence-corrected chi connectivity index (χ3v) is 4.36. The molecule has 0 aliphatic heterocycles. The van der Waals surface area contributed by atoms with Gasteiger partial charge >= 0.3 is 0 Å². The highest BCUT2D eigenvalue weighted by atomic mass is 16.3. The first-order chi connectivity index (χ1) is 13.0. The van der Waals surface area contributed by atoms with Crippen molar-refractivity contribution in [1.29, 1.82) is 0 Å². The Morgan fingerprint density at radius 2 is 1.44 bits per heavy atom. The molecule has 3 aromatic rings. The normalized spacial score (nSPS) is 10.4. The first kappa shape index (κ1) is 18.4. The predicted octanol–water partition coefficient (Wildman–Crippen LogP) is 4.23. The molecule has 4 heteroatoms. The Hall–Kier alpha value is -3.40. The minimum Gasteiger partial charge on any atom is -0.508 e. The van der Waals surface area contributed by atoms with Crippen molar-refractivity contribution in [2.75, 3.05) is 6.54 Å². The summed E-state index contributed by atoms with van der Waals surface area (Å²) in [6.45, 7) is 2.05. The molecule has 0 atom stereocenters. The fraction of sp³-hybridized carbons (Fsp3) is 0.130. The Morgan fingerprint density at radius 3 is 2.07 bits per heavy atom. The van der Waals surface area contributed by atoms with Gasteiger partial charge in [-0.05, 0) is 60.4 Å². The van der Waals surface area contributed by atoms with Crippen molar-refractivity contribution >= 4 is 11.7 Å². The van der Waals surface area contributed by atoms with Crippen molar-refractivity contribution in [1.82, 2.24) is 5.32 Å². The molecule has 0 aliphatic carbocycles. The van der Waals surface area contributed by atoms with Crippen molar-refractivity contribution in [3.63, 3.8) is 0 Å². The van der Waals surface area contributed by atoms with Crippen LogP contribution in [0, 0.1) is 0 Å². The highest BCUT2D eigenvalue weighted by Crippen LogP contribution is 2.22. The van der Waals surface area contributed by atoms with E-state index >= 15 is 0 Å². The number of benzene rings is 3. The molecule has 0 saturated heterocycles. The molecular weight excluding hydrogens is 338 g/mol. The quantitative estimate of drug-likeness (QED) is 0.647. The van der Waals surface area contributed by atoms with E-state index in [1.54, 1.807) is 24.3 Å². The average Bonchev–Trinajstić information content (AvgIpc) is 2.69. The van der Waals surface area contributed by atoms with Gasteiger partial charge in [-0.2, -0.15) is 0 Å². The lowest BCUT2D eigenvalue weighted by atomic mass is 10.00. The van der Waals surface area contributed by atoms with Crippen molar-refractivity contribution in [3.05, 3.63) is 89.5 Å². The second-order valence-corrected chi connectivity index (χ2v) is 6.39. The lowest BCUT2D eigenvalue weighted by Gasteiger charge is -2.08. The van der Waals surface area contributed by atoms with Crippen molar-refractivity contribution in [2.45, 2.75) is 13.3 Å². The van der Waals surface area contributed by atoms with Gasteiger partial charge in [-0.25, -0.2) is 0 Å². The molecule has 0 aromatic heterocycles. The van der Waals surface area contributed by atoms with E-state index in [0.29, 0.717) is 24.1 Å². The first-order valence-corrected chi connectivity index (χ1v) is 8.80. The molecule has 4 nitrogen and oxygen atoms in total. The molecule has 3 aromatic carbocycles. The molecule has 1 amide bonds. The second kappa shape index (κ2) is 8.32.